The number of likely N-dealkylation sites (tertiary alicyclic amines) is 1. The number of aliphatic hydroxyl groups is 1. The zero-order valence-corrected chi connectivity index (χ0v) is 26.0. The van der Waals surface area contributed by atoms with Gasteiger partial charge >= 0.3 is 0 Å². The second kappa shape index (κ2) is 11.5. The zero-order valence-electron chi connectivity index (χ0n) is 25.2. The number of rotatable bonds is 7. The van der Waals surface area contributed by atoms with Crippen molar-refractivity contribution < 1.29 is 19.5 Å². The van der Waals surface area contributed by atoms with Gasteiger partial charge in [-0.2, -0.15) is 0 Å². The first-order chi connectivity index (χ1) is 20.3. The van der Waals surface area contributed by atoms with E-state index in [1.165, 1.54) is 6.42 Å². The molecule has 8 heteroatoms. The summed E-state index contributed by atoms with van der Waals surface area (Å²) in [6.45, 7) is 7.45. The fraction of sp³-hybridized carbons (Fsp3) is 0.618. The summed E-state index contributed by atoms with van der Waals surface area (Å²) in [7, 11) is 0. The number of hydrogen-bond donors (Lipinski definition) is 1. The van der Waals surface area contributed by atoms with Crippen molar-refractivity contribution in [1.82, 2.24) is 14.7 Å². The van der Waals surface area contributed by atoms with Crippen LogP contribution in [0, 0.1) is 17.8 Å². The van der Waals surface area contributed by atoms with E-state index >= 15 is 0 Å². The van der Waals surface area contributed by atoms with Gasteiger partial charge in [0.25, 0.3) is 0 Å². The Morgan fingerprint density at radius 2 is 1.67 bits per heavy atom. The maximum absolute atomic E-state index is 14.8. The Kier molecular flexibility index (Phi) is 8.07. The maximum atomic E-state index is 14.8. The number of amides is 3. The van der Waals surface area contributed by atoms with Gasteiger partial charge in [-0.3, -0.25) is 14.4 Å². The van der Waals surface area contributed by atoms with Crippen molar-refractivity contribution in [2.45, 2.75) is 93.5 Å². The van der Waals surface area contributed by atoms with Crippen molar-refractivity contribution >= 4 is 29.5 Å². The lowest BCUT2D eigenvalue weighted by atomic mass is 9.74. The lowest BCUT2D eigenvalue weighted by Gasteiger charge is -2.43. The molecule has 4 aliphatic heterocycles. The molecule has 0 radical (unpaired) electrons. The zero-order chi connectivity index (χ0) is 29.6. The molecule has 1 saturated carbocycles. The highest BCUT2D eigenvalue weighted by atomic mass is 32.2. The summed E-state index contributed by atoms with van der Waals surface area (Å²) < 4.78 is -1.52. The van der Waals surface area contributed by atoms with Crippen molar-refractivity contribution in [3.63, 3.8) is 0 Å². The fourth-order valence-electron chi connectivity index (χ4n) is 8.37. The number of fused-ring (bicyclic) bond motifs is 2. The second-order valence-electron chi connectivity index (χ2n) is 13.2. The smallest absolute Gasteiger partial charge is 0.247 e. The van der Waals surface area contributed by atoms with Crippen LogP contribution in [0.5, 0.6) is 0 Å². The molecule has 226 valence electrons. The van der Waals surface area contributed by atoms with Crippen LogP contribution in [0.25, 0.3) is 0 Å². The summed E-state index contributed by atoms with van der Waals surface area (Å²) in [5, 5.41) is 10.7. The summed E-state index contributed by atoms with van der Waals surface area (Å²) >= 11 is 1.63. The molecule has 1 unspecified atom stereocenters. The summed E-state index contributed by atoms with van der Waals surface area (Å²) in [5.74, 6) is -1.50. The quantitative estimate of drug-likeness (QED) is 0.475. The molecule has 1 aromatic carbocycles. The van der Waals surface area contributed by atoms with Crippen LogP contribution in [0.4, 0.5) is 0 Å². The van der Waals surface area contributed by atoms with E-state index in [9.17, 15) is 19.5 Å². The lowest BCUT2D eigenvalue weighted by Crippen LogP contribution is -2.59. The minimum atomic E-state index is -0.881. The van der Waals surface area contributed by atoms with Crippen molar-refractivity contribution in [2.24, 2.45) is 17.8 Å². The molecule has 6 rings (SSSR count). The monoisotopic (exact) mass is 591 g/mol. The Labute approximate surface area is 254 Å². The Morgan fingerprint density at radius 3 is 2.36 bits per heavy atom. The van der Waals surface area contributed by atoms with Gasteiger partial charge in [0.05, 0.1) is 29.2 Å². The van der Waals surface area contributed by atoms with E-state index in [-0.39, 0.29) is 36.3 Å². The summed E-state index contributed by atoms with van der Waals surface area (Å²) in [6, 6.07) is 8.89. The second-order valence-corrected chi connectivity index (χ2v) is 15.0. The van der Waals surface area contributed by atoms with Gasteiger partial charge in [-0.25, -0.2) is 0 Å². The van der Waals surface area contributed by atoms with Crippen LogP contribution in [0.15, 0.2) is 54.6 Å². The predicted molar refractivity (Wildman–Crippen MR) is 165 cm³/mol. The molecule has 3 fully saturated rings. The molecule has 0 bridgehead atoms. The summed E-state index contributed by atoms with van der Waals surface area (Å²) in [6.07, 6.45) is 14.5. The average Bonchev–Trinajstić information content (AvgIpc) is 3.27. The third-order valence-corrected chi connectivity index (χ3v) is 12.5. The molecular weight excluding hydrogens is 546 g/mol. The van der Waals surface area contributed by atoms with Gasteiger partial charge in [0.1, 0.15) is 6.04 Å². The number of thioether (sulfide) groups is 1. The van der Waals surface area contributed by atoms with Gasteiger partial charge < -0.3 is 19.8 Å². The number of carbonyl (C=O) groups excluding carboxylic acids is 3. The third kappa shape index (κ3) is 4.64. The Hall–Kier alpha value is -2.58. The van der Waals surface area contributed by atoms with Crippen LogP contribution in [0.1, 0.15) is 64.9 Å². The van der Waals surface area contributed by atoms with Crippen LogP contribution in [-0.4, -0.2) is 84.8 Å². The Bertz CT molecular complexity index is 1260. The van der Waals surface area contributed by atoms with E-state index in [4.69, 9.17) is 0 Å². The first-order valence-electron chi connectivity index (χ1n) is 15.9. The van der Waals surface area contributed by atoms with Gasteiger partial charge in [-0.1, -0.05) is 94.2 Å². The van der Waals surface area contributed by atoms with Crippen molar-refractivity contribution in [3.05, 3.63) is 60.2 Å². The average molecular weight is 592 g/mol. The molecule has 1 aliphatic carbocycles. The van der Waals surface area contributed by atoms with Gasteiger partial charge in [0.2, 0.25) is 17.7 Å². The number of nitrogens with zero attached hydrogens (tertiary/aromatic N) is 3. The Morgan fingerprint density at radius 1 is 0.952 bits per heavy atom. The van der Waals surface area contributed by atoms with E-state index < -0.39 is 33.4 Å². The number of hydrogen-bond acceptors (Lipinski definition) is 5. The van der Waals surface area contributed by atoms with E-state index in [1.807, 2.05) is 47.1 Å². The molecular formula is C34H45N3O4S. The van der Waals surface area contributed by atoms with Crippen molar-refractivity contribution in [2.75, 3.05) is 19.7 Å². The molecule has 42 heavy (non-hydrogen) atoms. The largest absolute Gasteiger partial charge is 0.394 e. The minimum absolute atomic E-state index is 0.00804. The molecule has 0 aromatic heterocycles. The van der Waals surface area contributed by atoms with Crippen molar-refractivity contribution in [1.29, 1.82) is 0 Å². The first kappa shape index (κ1) is 29.5. The Balaban J connectivity index is 1.45. The van der Waals surface area contributed by atoms with E-state index in [0.717, 1.165) is 37.7 Å². The van der Waals surface area contributed by atoms with Gasteiger partial charge in [-0.05, 0) is 31.2 Å². The topological polar surface area (TPSA) is 81.2 Å². The van der Waals surface area contributed by atoms with Crippen LogP contribution < -0.4 is 0 Å². The summed E-state index contributed by atoms with van der Waals surface area (Å²) in [4.78, 5) is 49.8. The standard InChI is InChI=1S/C34H45N3O4S/c1-4-23(2)26(22-38)37-29-32(41)36(25-15-9-6-10-16-25)20-12-18-34(29)28(31(37)40)27-30(39)35(19-11-17-33(27,3)42-34)21-24-13-7-5-8-14-24/h5,7-8,11-14,17-18,23,25-29,38H,4,6,9-10,15-16,19-22H2,1-3H3/t23-,26-,27-,28-,29?,33+,34-/m0/s1. The highest BCUT2D eigenvalue weighted by Gasteiger charge is 2.74. The number of benzene rings is 1. The van der Waals surface area contributed by atoms with Gasteiger partial charge in [0.15, 0.2) is 0 Å². The van der Waals surface area contributed by atoms with Crippen LogP contribution in [0.3, 0.4) is 0 Å². The SMILES string of the molecule is CC[C@H](C)[C@H](CO)N1C(=O)[C@@H]2[C@H]3C(=O)N(Cc4ccccc4)CC=C[C@@]3(C)S[C@@]23C=CCN(C2CCCCC2)C(=O)C13. The van der Waals surface area contributed by atoms with Crippen LogP contribution >= 0.6 is 11.8 Å². The fourth-order valence-corrected chi connectivity index (χ4v) is 10.5. The third-order valence-electron chi connectivity index (χ3n) is 10.7. The van der Waals surface area contributed by atoms with Crippen LogP contribution in [0.2, 0.25) is 0 Å². The van der Waals surface area contributed by atoms with Gasteiger partial charge in [-0.15, -0.1) is 11.8 Å². The molecule has 1 aromatic rings. The molecule has 3 amide bonds. The van der Waals surface area contributed by atoms with Crippen molar-refractivity contribution in [3.8, 4) is 0 Å². The lowest BCUT2D eigenvalue weighted by molar-refractivity contribution is -0.149. The molecule has 5 aliphatic rings. The summed E-state index contributed by atoms with van der Waals surface area (Å²) in [5.41, 5.74) is 1.05. The molecule has 2 saturated heterocycles. The van der Waals surface area contributed by atoms with Gasteiger partial charge in [0, 0.05) is 30.4 Å². The number of carbonyl (C=O) groups is 3. The highest BCUT2D eigenvalue weighted by molar-refractivity contribution is 8.02. The molecule has 1 spiro atoms. The first-order valence-corrected chi connectivity index (χ1v) is 16.7. The van der Waals surface area contributed by atoms with E-state index in [2.05, 4.69) is 38.2 Å². The molecule has 4 heterocycles. The maximum Gasteiger partial charge on any atom is 0.247 e. The van der Waals surface area contributed by atoms with E-state index in [1.54, 1.807) is 16.7 Å². The van der Waals surface area contributed by atoms with Crippen LogP contribution in [-0.2, 0) is 20.9 Å². The highest BCUT2D eigenvalue weighted by Crippen LogP contribution is 2.66. The molecule has 7 nitrogen and oxygen atoms in total. The predicted octanol–water partition coefficient (Wildman–Crippen LogP) is 4.41. The number of aliphatic hydroxyl groups excluding tert-OH is 1. The molecule has 1 N–H and O–H groups in total. The normalized spacial score (nSPS) is 34.6. The molecule has 7 atom stereocenters. The minimum Gasteiger partial charge on any atom is -0.394 e. The van der Waals surface area contributed by atoms with E-state index in [0.29, 0.717) is 19.6 Å².